The lowest BCUT2D eigenvalue weighted by molar-refractivity contribution is 0.197. The lowest BCUT2D eigenvalue weighted by Crippen LogP contribution is -2.36. The number of H-pyrrole nitrogens is 1. The molecular formula is C22H22N6. The second kappa shape index (κ2) is 7.05. The maximum absolute atomic E-state index is 4.73. The van der Waals surface area contributed by atoms with Crippen LogP contribution in [0.2, 0.25) is 0 Å². The number of nitrogens with one attached hydrogen (secondary N) is 1. The van der Waals surface area contributed by atoms with Crippen LogP contribution in [0.4, 0.5) is 0 Å². The van der Waals surface area contributed by atoms with Crippen LogP contribution < -0.4 is 0 Å². The molecule has 0 radical (unpaired) electrons. The third-order valence-corrected chi connectivity index (χ3v) is 5.32. The molecular weight excluding hydrogens is 348 g/mol. The van der Waals surface area contributed by atoms with Crippen LogP contribution in [0.1, 0.15) is 28.7 Å². The van der Waals surface area contributed by atoms with Gasteiger partial charge in [0.05, 0.1) is 29.5 Å². The zero-order chi connectivity index (χ0) is 18.9. The Morgan fingerprint density at radius 1 is 1.07 bits per heavy atom. The van der Waals surface area contributed by atoms with Gasteiger partial charge in [0.15, 0.2) is 0 Å². The molecule has 0 bridgehead atoms. The number of nitrogens with zero attached hydrogens (tertiary/aromatic N) is 5. The Balaban J connectivity index is 1.53. The SMILES string of the molecule is Cn1cc(CN2CCc3[nH]cnc3[C@H]2c2ccccn2)c(-c2ccccc2)n1. The number of hydrogen-bond acceptors (Lipinski definition) is 4. The van der Waals surface area contributed by atoms with Crippen LogP contribution in [0, 0.1) is 0 Å². The maximum atomic E-state index is 4.73. The first kappa shape index (κ1) is 16.9. The monoisotopic (exact) mass is 370 g/mol. The van der Waals surface area contributed by atoms with E-state index in [1.165, 1.54) is 11.3 Å². The van der Waals surface area contributed by atoms with Crippen LogP contribution in [-0.2, 0) is 20.0 Å². The molecule has 0 unspecified atom stereocenters. The maximum Gasteiger partial charge on any atom is 0.0971 e. The number of pyridine rings is 1. The highest BCUT2D eigenvalue weighted by Crippen LogP contribution is 2.34. The minimum atomic E-state index is 0.0417. The number of aromatic nitrogens is 5. The molecule has 4 aromatic rings. The molecule has 4 heterocycles. The fraction of sp³-hybridized carbons (Fsp3) is 0.227. The molecule has 1 aromatic carbocycles. The Bertz CT molecular complexity index is 1070. The van der Waals surface area contributed by atoms with Crippen LogP contribution in [0.25, 0.3) is 11.3 Å². The first-order chi connectivity index (χ1) is 13.8. The zero-order valence-corrected chi connectivity index (χ0v) is 15.8. The highest BCUT2D eigenvalue weighted by atomic mass is 15.3. The van der Waals surface area contributed by atoms with E-state index in [1.54, 1.807) is 6.33 Å². The van der Waals surface area contributed by atoms with Crippen molar-refractivity contribution < 1.29 is 0 Å². The largest absolute Gasteiger partial charge is 0.348 e. The van der Waals surface area contributed by atoms with Crippen LogP contribution in [-0.4, -0.2) is 36.2 Å². The van der Waals surface area contributed by atoms with Gasteiger partial charge in [0, 0.05) is 55.8 Å². The first-order valence-corrected chi connectivity index (χ1v) is 9.54. The van der Waals surface area contributed by atoms with Gasteiger partial charge in [0.25, 0.3) is 0 Å². The summed E-state index contributed by atoms with van der Waals surface area (Å²) in [6.07, 6.45) is 6.73. The van der Waals surface area contributed by atoms with Crippen LogP contribution in [0.3, 0.4) is 0 Å². The van der Waals surface area contributed by atoms with Crippen molar-refractivity contribution in [3.05, 3.63) is 89.9 Å². The van der Waals surface area contributed by atoms with Crippen molar-refractivity contribution in [2.45, 2.75) is 19.0 Å². The van der Waals surface area contributed by atoms with E-state index in [0.717, 1.165) is 42.2 Å². The second-order valence-electron chi connectivity index (χ2n) is 7.19. The second-order valence-corrected chi connectivity index (χ2v) is 7.19. The predicted octanol–water partition coefficient (Wildman–Crippen LogP) is 3.35. The Kier molecular flexibility index (Phi) is 4.25. The molecule has 140 valence electrons. The van der Waals surface area contributed by atoms with Crippen molar-refractivity contribution >= 4 is 0 Å². The number of benzene rings is 1. The molecule has 28 heavy (non-hydrogen) atoms. The number of fused-ring (bicyclic) bond motifs is 1. The minimum absolute atomic E-state index is 0.0417. The molecule has 1 aliphatic heterocycles. The molecule has 0 amide bonds. The molecule has 6 nitrogen and oxygen atoms in total. The van der Waals surface area contributed by atoms with E-state index in [-0.39, 0.29) is 6.04 Å². The van der Waals surface area contributed by atoms with Crippen molar-refractivity contribution in [1.82, 2.24) is 29.6 Å². The summed E-state index contributed by atoms with van der Waals surface area (Å²) in [5, 5.41) is 4.73. The topological polar surface area (TPSA) is 62.6 Å². The molecule has 0 fully saturated rings. The van der Waals surface area contributed by atoms with E-state index in [2.05, 4.69) is 56.4 Å². The smallest absolute Gasteiger partial charge is 0.0971 e. The van der Waals surface area contributed by atoms with Gasteiger partial charge in [-0.2, -0.15) is 5.10 Å². The van der Waals surface area contributed by atoms with Crippen molar-refractivity contribution in [1.29, 1.82) is 0 Å². The molecule has 0 spiro atoms. The normalized spacial score (nSPS) is 16.8. The summed E-state index contributed by atoms with van der Waals surface area (Å²) in [5.74, 6) is 0. The van der Waals surface area contributed by atoms with Gasteiger partial charge >= 0.3 is 0 Å². The fourth-order valence-electron chi connectivity index (χ4n) is 4.07. The van der Waals surface area contributed by atoms with Gasteiger partial charge in [0.1, 0.15) is 0 Å². The van der Waals surface area contributed by atoms with Gasteiger partial charge in [0.2, 0.25) is 0 Å². The van der Waals surface area contributed by atoms with Gasteiger partial charge in [-0.1, -0.05) is 36.4 Å². The molecule has 1 N–H and O–H groups in total. The van der Waals surface area contributed by atoms with E-state index in [9.17, 15) is 0 Å². The Morgan fingerprint density at radius 2 is 1.93 bits per heavy atom. The highest BCUT2D eigenvalue weighted by Gasteiger charge is 2.32. The summed E-state index contributed by atoms with van der Waals surface area (Å²) in [4.78, 5) is 15.0. The van der Waals surface area contributed by atoms with Crippen LogP contribution in [0.15, 0.2) is 67.3 Å². The quantitative estimate of drug-likeness (QED) is 0.598. The molecule has 3 aromatic heterocycles. The Morgan fingerprint density at radius 3 is 2.75 bits per heavy atom. The van der Waals surface area contributed by atoms with Crippen molar-refractivity contribution in [2.24, 2.45) is 7.05 Å². The van der Waals surface area contributed by atoms with E-state index >= 15 is 0 Å². The van der Waals surface area contributed by atoms with Crippen LogP contribution in [0.5, 0.6) is 0 Å². The van der Waals surface area contributed by atoms with E-state index < -0.39 is 0 Å². The van der Waals surface area contributed by atoms with E-state index in [1.807, 2.05) is 36.1 Å². The molecule has 1 aliphatic rings. The molecule has 0 aliphatic carbocycles. The third-order valence-electron chi connectivity index (χ3n) is 5.32. The number of aromatic amines is 1. The Hall–Kier alpha value is -3.25. The number of rotatable bonds is 4. The summed E-state index contributed by atoms with van der Waals surface area (Å²) in [6.45, 7) is 1.74. The van der Waals surface area contributed by atoms with Gasteiger partial charge < -0.3 is 4.98 Å². The van der Waals surface area contributed by atoms with Crippen LogP contribution >= 0.6 is 0 Å². The third kappa shape index (κ3) is 3.01. The van der Waals surface area contributed by atoms with Gasteiger partial charge in [-0.15, -0.1) is 0 Å². The summed E-state index contributed by atoms with van der Waals surface area (Å²) < 4.78 is 1.90. The van der Waals surface area contributed by atoms with Crippen molar-refractivity contribution in [2.75, 3.05) is 6.54 Å². The number of imidazole rings is 1. The standard InChI is InChI=1S/C22H22N6/c1-27-13-17(20(26-27)16-7-3-2-4-8-16)14-28-12-10-18-21(25-15-24-18)22(28)19-9-5-6-11-23-19/h2-9,11,13,15,22H,10,12,14H2,1H3,(H,24,25)/t22-/m1/s1. The lowest BCUT2D eigenvalue weighted by Gasteiger charge is -2.34. The molecule has 0 saturated heterocycles. The molecule has 1 atom stereocenters. The summed E-state index contributed by atoms with van der Waals surface area (Å²) >= 11 is 0. The van der Waals surface area contributed by atoms with Gasteiger partial charge in [-0.25, -0.2) is 4.98 Å². The average Bonchev–Trinajstić information content (AvgIpc) is 3.35. The zero-order valence-electron chi connectivity index (χ0n) is 15.8. The summed E-state index contributed by atoms with van der Waals surface area (Å²) in [6, 6.07) is 16.5. The van der Waals surface area contributed by atoms with Gasteiger partial charge in [-0.05, 0) is 12.1 Å². The van der Waals surface area contributed by atoms with Crippen molar-refractivity contribution in [3.8, 4) is 11.3 Å². The number of aryl methyl sites for hydroxylation is 1. The molecule has 0 saturated carbocycles. The Labute approximate surface area is 163 Å². The highest BCUT2D eigenvalue weighted by molar-refractivity contribution is 5.62. The van der Waals surface area contributed by atoms with Crippen molar-refractivity contribution in [3.63, 3.8) is 0 Å². The van der Waals surface area contributed by atoms with E-state index in [4.69, 9.17) is 5.10 Å². The first-order valence-electron chi connectivity index (χ1n) is 9.54. The van der Waals surface area contributed by atoms with E-state index in [0.29, 0.717) is 0 Å². The lowest BCUT2D eigenvalue weighted by atomic mass is 9.98. The van der Waals surface area contributed by atoms with Gasteiger partial charge in [-0.3, -0.25) is 14.6 Å². The predicted molar refractivity (Wildman–Crippen MR) is 107 cm³/mol. The average molecular weight is 370 g/mol. The summed E-state index contributed by atoms with van der Waals surface area (Å²) in [7, 11) is 1.98. The molecule has 6 heteroatoms. The summed E-state index contributed by atoms with van der Waals surface area (Å²) in [5.41, 5.74) is 6.71. The minimum Gasteiger partial charge on any atom is -0.348 e. The fourth-order valence-corrected chi connectivity index (χ4v) is 4.07. The molecule has 5 rings (SSSR count). The number of hydrogen-bond donors (Lipinski definition) is 1.